The molecule has 0 aromatic heterocycles. The van der Waals surface area contributed by atoms with Gasteiger partial charge in [-0.1, -0.05) is 26.3 Å². The van der Waals surface area contributed by atoms with Crippen molar-refractivity contribution in [3.8, 4) is 0 Å². The minimum Gasteiger partial charge on any atom is -0.166 e. The number of halogens is 3. The summed E-state index contributed by atoms with van der Waals surface area (Å²) in [5.74, 6) is -0.127. The maximum atomic E-state index is 12.6. The molecular formula is C13H16F3. The normalized spacial score (nSPS) is 12.2. The highest BCUT2D eigenvalue weighted by molar-refractivity contribution is 5.34. The van der Waals surface area contributed by atoms with Gasteiger partial charge in [-0.05, 0) is 42.5 Å². The Bertz CT molecular complexity index is 351. The van der Waals surface area contributed by atoms with Crippen molar-refractivity contribution >= 4 is 0 Å². The Morgan fingerprint density at radius 3 is 2.31 bits per heavy atom. The zero-order valence-corrected chi connectivity index (χ0v) is 9.56. The zero-order valence-electron chi connectivity index (χ0n) is 9.56. The Balaban J connectivity index is 3.19. The van der Waals surface area contributed by atoms with Gasteiger partial charge in [-0.3, -0.25) is 0 Å². The second-order valence-corrected chi connectivity index (χ2v) is 4.11. The van der Waals surface area contributed by atoms with Crippen LogP contribution in [-0.4, -0.2) is 0 Å². The van der Waals surface area contributed by atoms with Crippen LogP contribution in [0.1, 0.15) is 42.9 Å². The van der Waals surface area contributed by atoms with Crippen LogP contribution in [0, 0.1) is 6.92 Å². The van der Waals surface area contributed by atoms with Crippen LogP contribution in [0.3, 0.4) is 0 Å². The molecule has 1 atom stereocenters. The molecule has 1 radical (unpaired) electrons. The van der Waals surface area contributed by atoms with Crippen molar-refractivity contribution in [2.45, 2.75) is 38.8 Å². The lowest BCUT2D eigenvalue weighted by atomic mass is 9.96. The van der Waals surface area contributed by atoms with E-state index >= 15 is 0 Å². The second-order valence-electron chi connectivity index (χ2n) is 4.11. The lowest BCUT2D eigenvalue weighted by molar-refractivity contribution is -0.137. The number of hydrogen-bond donors (Lipinski definition) is 0. The molecular weight excluding hydrogens is 213 g/mol. The molecule has 0 saturated carbocycles. The highest BCUT2D eigenvalue weighted by atomic mass is 19.4. The second kappa shape index (κ2) is 4.89. The molecule has 0 saturated heterocycles. The average Bonchev–Trinajstić information content (AvgIpc) is 2.16. The highest BCUT2D eigenvalue weighted by Gasteiger charge is 2.31. The van der Waals surface area contributed by atoms with Crippen molar-refractivity contribution in [2.24, 2.45) is 0 Å². The maximum absolute atomic E-state index is 12.6. The first-order valence-electron chi connectivity index (χ1n) is 5.38. The predicted molar refractivity (Wildman–Crippen MR) is 59.2 cm³/mol. The van der Waals surface area contributed by atoms with E-state index in [1.807, 2.05) is 13.0 Å². The Morgan fingerprint density at radius 2 is 1.88 bits per heavy atom. The van der Waals surface area contributed by atoms with Crippen LogP contribution in [0.15, 0.2) is 18.2 Å². The summed E-state index contributed by atoms with van der Waals surface area (Å²) in [5, 5.41) is 0. The van der Waals surface area contributed by atoms with Gasteiger partial charge in [-0.15, -0.1) is 0 Å². The average molecular weight is 229 g/mol. The van der Waals surface area contributed by atoms with Gasteiger partial charge in [0.1, 0.15) is 0 Å². The number of benzene rings is 1. The molecule has 0 aliphatic heterocycles. The van der Waals surface area contributed by atoms with Gasteiger partial charge in [0.2, 0.25) is 0 Å². The monoisotopic (exact) mass is 229 g/mol. The van der Waals surface area contributed by atoms with E-state index in [9.17, 15) is 13.2 Å². The summed E-state index contributed by atoms with van der Waals surface area (Å²) in [6, 6.07) is 4.24. The van der Waals surface area contributed by atoms with Crippen LogP contribution in [0.25, 0.3) is 0 Å². The van der Waals surface area contributed by atoms with Crippen LogP contribution >= 0.6 is 0 Å². The number of alkyl halides is 3. The van der Waals surface area contributed by atoms with Crippen molar-refractivity contribution in [2.75, 3.05) is 0 Å². The van der Waals surface area contributed by atoms with E-state index in [1.54, 1.807) is 6.92 Å². The summed E-state index contributed by atoms with van der Waals surface area (Å²) in [7, 11) is 0. The fourth-order valence-electron chi connectivity index (χ4n) is 1.60. The molecule has 1 aromatic rings. The molecule has 3 heteroatoms. The Morgan fingerprint density at radius 1 is 1.25 bits per heavy atom. The maximum Gasteiger partial charge on any atom is 0.416 e. The summed E-state index contributed by atoms with van der Waals surface area (Å²) in [5.41, 5.74) is 0.824. The van der Waals surface area contributed by atoms with E-state index in [1.165, 1.54) is 12.1 Å². The molecule has 0 heterocycles. The smallest absolute Gasteiger partial charge is 0.166 e. The summed E-state index contributed by atoms with van der Waals surface area (Å²) < 4.78 is 37.9. The fraction of sp³-hybridized carbons (Fsp3) is 0.462. The molecule has 89 valence electrons. The van der Waals surface area contributed by atoms with E-state index in [-0.39, 0.29) is 5.92 Å². The summed E-state index contributed by atoms with van der Waals surface area (Å²) >= 11 is 0. The van der Waals surface area contributed by atoms with Gasteiger partial charge in [0, 0.05) is 0 Å². The zero-order chi connectivity index (χ0) is 12.3. The quantitative estimate of drug-likeness (QED) is 0.710. The van der Waals surface area contributed by atoms with Crippen LogP contribution < -0.4 is 0 Å². The van der Waals surface area contributed by atoms with E-state index < -0.39 is 11.7 Å². The number of hydrogen-bond acceptors (Lipinski definition) is 0. The van der Waals surface area contributed by atoms with Gasteiger partial charge >= 0.3 is 6.18 Å². The first-order valence-corrected chi connectivity index (χ1v) is 5.38. The van der Waals surface area contributed by atoms with Crippen molar-refractivity contribution in [1.82, 2.24) is 0 Å². The highest BCUT2D eigenvalue weighted by Crippen LogP contribution is 2.32. The summed E-state index contributed by atoms with van der Waals surface area (Å²) in [6.07, 6.45) is -2.76. The fourth-order valence-corrected chi connectivity index (χ4v) is 1.60. The molecule has 0 spiro atoms. The predicted octanol–water partition coefficient (Wildman–Crippen LogP) is 4.60. The number of rotatable bonds is 3. The molecule has 0 aliphatic carbocycles. The van der Waals surface area contributed by atoms with E-state index in [2.05, 4.69) is 6.92 Å². The molecule has 0 amide bonds. The molecule has 0 aliphatic rings. The molecule has 1 aromatic carbocycles. The molecule has 0 N–H and O–H groups in total. The third-order valence-electron chi connectivity index (χ3n) is 2.45. The first-order chi connectivity index (χ1) is 7.34. The SMILES string of the molecule is [CH2]C(C)c1cc(CCC)cc(C(F)(F)F)c1. The van der Waals surface area contributed by atoms with Crippen LogP contribution in [0.5, 0.6) is 0 Å². The topological polar surface area (TPSA) is 0 Å². The van der Waals surface area contributed by atoms with Gasteiger partial charge in [0.05, 0.1) is 5.56 Å². The van der Waals surface area contributed by atoms with E-state index in [0.29, 0.717) is 12.0 Å². The molecule has 0 nitrogen and oxygen atoms in total. The van der Waals surface area contributed by atoms with Gasteiger partial charge in [-0.25, -0.2) is 0 Å². The van der Waals surface area contributed by atoms with E-state index in [4.69, 9.17) is 0 Å². The lowest BCUT2D eigenvalue weighted by Crippen LogP contribution is -2.07. The lowest BCUT2D eigenvalue weighted by Gasteiger charge is -2.13. The minimum atomic E-state index is -4.27. The summed E-state index contributed by atoms with van der Waals surface area (Å²) in [4.78, 5) is 0. The van der Waals surface area contributed by atoms with Crippen LogP contribution in [0.4, 0.5) is 13.2 Å². The van der Waals surface area contributed by atoms with Crippen LogP contribution in [-0.2, 0) is 12.6 Å². The molecule has 0 fully saturated rings. The molecule has 0 bridgehead atoms. The standard InChI is InChI=1S/C13H16F3/c1-4-5-10-6-11(9(2)3)8-12(7-10)13(14,15)16/h6-9H,2,4-5H2,1,3H3. The van der Waals surface area contributed by atoms with Crippen molar-refractivity contribution in [3.05, 3.63) is 41.8 Å². The molecule has 1 unspecified atom stereocenters. The van der Waals surface area contributed by atoms with Gasteiger partial charge in [-0.2, -0.15) is 13.2 Å². The molecule has 1 rings (SSSR count). The molecule has 16 heavy (non-hydrogen) atoms. The third-order valence-corrected chi connectivity index (χ3v) is 2.45. The number of aryl methyl sites for hydroxylation is 1. The van der Waals surface area contributed by atoms with Crippen LogP contribution in [0.2, 0.25) is 0 Å². The Labute approximate surface area is 94.5 Å². The van der Waals surface area contributed by atoms with E-state index in [0.717, 1.165) is 12.0 Å². The van der Waals surface area contributed by atoms with Gasteiger partial charge in [0.25, 0.3) is 0 Å². The summed E-state index contributed by atoms with van der Waals surface area (Å²) in [6.45, 7) is 7.51. The van der Waals surface area contributed by atoms with Gasteiger partial charge < -0.3 is 0 Å². The van der Waals surface area contributed by atoms with Crippen molar-refractivity contribution < 1.29 is 13.2 Å². The third kappa shape index (κ3) is 3.26. The van der Waals surface area contributed by atoms with Crippen molar-refractivity contribution in [1.29, 1.82) is 0 Å². The Hall–Kier alpha value is -0.990. The van der Waals surface area contributed by atoms with Crippen molar-refractivity contribution in [3.63, 3.8) is 0 Å². The first kappa shape index (κ1) is 13.1. The van der Waals surface area contributed by atoms with Gasteiger partial charge in [0.15, 0.2) is 0 Å². The minimum absolute atomic E-state index is 0.127. The Kier molecular flexibility index (Phi) is 4.00. The largest absolute Gasteiger partial charge is 0.416 e.